The van der Waals surface area contributed by atoms with E-state index in [1.54, 1.807) is 6.92 Å². The zero-order valence-corrected chi connectivity index (χ0v) is 11.5. The summed E-state index contributed by atoms with van der Waals surface area (Å²) in [4.78, 5) is 0. The molecule has 5 N–H and O–H groups in total. The molecule has 2 aliphatic heterocycles. The second-order valence-corrected chi connectivity index (χ2v) is 5.82. The predicted octanol–water partition coefficient (Wildman–Crippen LogP) is -1.65. The standard InChI is InChI=1S/C13H24O7/c1-6-11(16)13(18)12(17)9(19-6)3-7-2-8(5-14)20-10(15)4-7/h6-18H,2-5H2,1H3/t6-,7+,8-,9-,10+,11+,12+,13+/m0/s1. The fourth-order valence-electron chi connectivity index (χ4n) is 3.06. The molecule has 0 aliphatic carbocycles. The maximum Gasteiger partial charge on any atom is 0.155 e. The molecule has 0 aromatic carbocycles. The van der Waals surface area contributed by atoms with Crippen molar-refractivity contribution in [1.82, 2.24) is 0 Å². The van der Waals surface area contributed by atoms with Gasteiger partial charge in [-0.25, -0.2) is 0 Å². The molecule has 118 valence electrons. The van der Waals surface area contributed by atoms with Crippen LogP contribution in [0.3, 0.4) is 0 Å². The van der Waals surface area contributed by atoms with Crippen molar-refractivity contribution >= 4 is 0 Å². The first-order valence-electron chi connectivity index (χ1n) is 7.06. The lowest BCUT2D eigenvalue weighted by Crippen LogP contribution is -2.57. The Bertz CT molecular complexity index is 313. The van der Waals surface area contributed by atoms with Crippen LogP contribution in [0.5, 0.6) is 0 Å². The molecule has 0 radical (unpaired) electrons. The van der Waals surface area contributed by atoms with E-state index in [9.17, 15) is 20.4 Å². The predicted molar refractivity (Wildman–Crippen MR) is 67.7 cm³/mol. The van der Waals surface area contributed by atoms with Crippen molar-refractivity contribution in [2.24, 2.45) is 5.92 Å². The summed E-state index contributed by atoms with van der Waals surface area (Å²) in [6, 6.07) is 0. The second-order valence-electron chi connectivity index (χ2n) is 5.82. The van der Waals surface area contributed by atoms with Crippen LogP contribution < -0.4 is 0 Å². The number of aliphatic hydroxyl groups is 5. The van der Waals surface area contributed by atoms with Crippen LogP contribution in [0.2, 0.25) is 0 Å². The van der Waals surface area contributed by atoms with Crippen molar-refractivity contribution in [3.63, 3.8) is 0 Å². The van der Waals surface area contributed by atoms with E-state index in [2.05, 4.69) is 0 Å². The fraction of sp³-hybridized carbons (Fsp3) is 1.00. The Balaban J connectivity index is 1.94. The third kappa shape index (κ3) is 3.48. The van der Waals surface area contributed by atoms with Crippen molar-refractivity contribution in [2.45, 2.75) is 69.1 Å². The average Bonchev–Trinajstić information content (AvgIpc) is 2.41. The molecular formula is C13H24O7. The third-order valence-corrected chi connectivity index (χ3v) is 4.20. The van der Waals surface area contributed by atoms with Crippen LogP contribution in [0.4, 0.5) is 0 Å². The van der Waals surface area contributed by atoms with Gasteiger partial charge in [-0.05, 0) is 25.7 Å². The summed E-state index contributed by atoms with van der Waals surface area (Å²) in [6.45, 7) is 1.47. The highest BCUT2D eigenvalue weighted by Gasteiger charge is 2.43. The molecule has 0 spiro atoms. The van der Waals surface area contributed by atoms with Crippen LogP contribution in [0, 0.1) is 5.92 Å². The zero-order valence-electron chi connectivity index (χ0n) is 11.5. The Morgan fingerprint density at radius 2 is 1.65 bits per heavy atom. The Morgan fingerprint density at radius 1 is 0.950 bits per heavy atom. The van der Waals surface area contributed by atoms with Gasteiger partial charge in [-0.15, -0.1) is 0 Å². The summed E-state index contributed by atoms with van der Waals surface area (Å²) in [5.74, 6) is 0.0187. The molecule has 0 aromatic heterocycles. The second kappa shape index (κ2) is 6.65. The Kier molecular flexibility index (Phi) is 5.36. The molecule has 8 atom stereocenters. The van der Waals surface area contributed by atoms with E-state index in [1.165, 1.54) is 0 Å². The zero-order chi connectivity index (χ0) is 14.9. The Labute approximate surface area is 117 Å². The first kappa shape index (κ1) is 16.1. The molecule has 0 saturated carbocycles. The number of aliphatic hydroxyl groups excluding tert-OH is 5. The number of rotatable bonds is 3. The van der Waals surface area contributed by atoms with Gasteiger partial charge in [0.25, 0.3) is 0 Å². The lowest BCUT2D eigenvalue weighted by molar-refractivity contribution is -0.229. The lowest BCUT2D eigenvalue weighted by Gasteiger charge is -2.42. The van der Waals surface area contributed by atoms with Crippen LogP contribution in [0.15, 0.2) is 0 Å². The minimum atomic E-state index is -1.23. The van der Waals surface area contributed by atoms with Gasteiger partial charge in [-0.2, -0.15) is 0 Å². The minimum absolute atomic E-state index is 0.0187. The summed E-state index contributed by atoms with van der Waals surface area (Å²) in [6.07, 6.45) is -4.61. The van der Waals surface area contributed by atoms with Gasteiger partial charge in [0.05, 0.1) is 24.9 Å². The maximum atomic E-state index is 9.97. The first-order chi connectivity index (χ1) is 9.42. The molecule has 0 bridgehead atoms. The lowest BCUT2D eigenvalue weighted by atomic mass is 9.85. The van der Waals surface area contributed by atoms with Gasteiger partial charge in [-0.3, -0.25) is 0 Å². The third-order valence-electron chi connectivity index (χ3n) is 4.20. The number of ether oxygens (including phenoxy) is 2. The highest BCUT2D eigenvalue weighted by Crippen LogP contribution is 2.32. The van der Waals surface area contributed by atoms with Crippen molar-refractivity contribution in [1.29, 1.82) is 0 Å². The Morgan fingerprint density at radius 3 is 2.30 bits per heavy atom. The molecule has 7 nitrogen and oxygen atoms in total. The summed E-state index contributed by atoms with van der Waals surface area (Å²) >= 11 is 0. The molecule has 2 aliphatic rings. The smallest absolute Gasteiger partial charge is 0.155 e. The average molecular weight is 292 g/mol. The van der Waals surface area contributed by atoms with Gasteiger partial charge >= 0.3 is 0 Å². The molecule has 2 heterocycles. The van der Waals surface area contributed by atoms with Crippen LogP contribution in [-0.4, -0.2) is 75.1 Å². The van der Waals surface area contributed by atoms with E-state index < -0.39 is 42.9 Å². The molecular weight excluding hydrogens is 268 g/mol. The summed E-state index contributed by atoms with van der Waals surface area (Å²) in [5, 5.41) is 48.1. The van der Waals surface area contributed by atoms with Crippen LogP contribution in [0.1, 0.15) is 26.2 Å². The van der Waals surface area contributed by atoms with Crippen LogP contribution in [-0.2, 0) is 9.47 Å². The summed E-state index contributed by atoms with van der Waals surface area (Å²) in [5.41, 5.74) is 0. The highest BCUT2D eigenvalue weighted by molar-refractivity contribution is 4.92. The van der Waals surface area contributed by atoms with Gasteiger partial charge in [0.2, 0.25) is 0 Å². The van der Waals surface area contributed by atoms with E-state index in [4.69, 9.17) is 14.6 Å². The van der Waals surface area contributed by atoms with Gasteiger partial charge in [-0.1, -0.05) is 0 Å². The Hall–Kier alpha value is -0.280. The van der Waals surface area contributed by atoms with E-state index >= 15 is 0 Å². The number of hydrogen-bond donors (Lipinski definition) is 5. The molecule has 2 fully saturated rings. The summed E-state index contributed by atoms with van der Waals surface area (Å²) in [7, 11) is 0. The molecule has 0 amide bonds. The van der Waals surface area contributed by atoms with Gasteiger partial charge in [0.1, 0.15) is 18.3 Å². The SMILES string of the molecule is C[C@@H]1O[C@@H](C[C@H]2C[C@@H](CO)O[C@@H](O)C2)[C@@H](O)[C@H](O)[C@@H]1O. The van der Waals surface area contributed by atoms with E-state index in [1.807, 2.05) is 0 Å². The topological polar surface area (TPSA) is 120 Å². The van der Waals surface area contributed by atoms with Gasteiger partial charge in [0.15, 0.2) is 6.29 Å². The first-order valence-corrected chi connectivity index (χ1v) is 7.06. The quantitative estimate of drug-likeness (QED) is 0.423. The largest absolute Gasteiger partial charge is 0.394 e. The van der Waals surface area contributed by atoms with Crippen LogP contribution in [0.25, 0.3) is 0 Å². The van der Waals surface area contributed by atoms with Crippen molar-refractivity contribution < 1.29 is 35.0 Å². The van der Waals surface area contributed by atoms with Crippen LogP contribution >= 0.6 is 0 Å². The molecule has 0 unspecified atom stereocenters. The molecule has 2 rings (SSSR count). The molecule has 2 saturated heterocycles. The van der Waals surface area contributed by atoms with Crippen molar-refractivity contribution in [3.05, 3.63) is 0 Å². The van der Waals surface area contributed by atoms with Gasteiger partial charge in [0, 0.05) is 6.42 Å². The van der Waals surface area contributed by atoms with Gasteiger partial charge < -0.3 is 35.0 Å². The summed E-state index contributed by atoms with van der Waals surface area (Å²) < 4.78 is 10.7. The molecule has 20 heavy (non-hydrogen) atoms. The normalized spacial score (nSPS) is 50.1. The fourth-order valence-corrected chi connectivity index (χ4v) is 3.06. The van der Waals surface area contributed by atoms with E-state index in [-0.39, 0.29) is 12.5 Å². The molecule has 7 heteroatoms. The maximum absolute atomic E-state index is 9.97. The van der Waals surface area contributed by atoms with Crippen molar-refractivity contribution in [3.8, 4) is 0 Å². The highest BCUT2D eigenvalue weighted by atomic mass is 16.6. The van der Waals surface area contributed by atoms with Crippen molar-refractivity contribution in [2.75, 3.05) is 6.61 Å². The van der Waals surface area contributed by atoms with E-state index in [0.29, 0.717) is 19.3 Å². The molecule has 0 aromatic rings. The van der Waals surface area contributed by atoms with E-state index in [0.717, 1.165) is 0 Å². The monoisotopic (exact) mass is 292 g/mol. The minimum Gasteiger partial charge on any atom is -0.394 e. The number of hydrogen-bond acceptors (Lipinski definition) is 7.